The van der Waals surface area contributed by atoms with Crippen LogP contribution < -0.4 is 0 Å². The topological polar surface area (TPSA) is 0 Å². The molecule has 0 saturated heterocycles. The van der Waals surface area contributed by atoms with Gasteiger partial charge in [-0.05, 0) is 13.8 Å². The normalized spacial score (nSPS) is 6.00. The van der Waals surface area contributed by atoms with E-state index in [2.05, 4.69) is 0 Å². The molecule has 0 heterocycles. The number of halogens is 4. The molecular formula is C5H12F4. The predicted molar refractivity (Wildman–Crippen MR) is 30.4 cm³/mol. The Hall–Kier alpha value is -0.280. The lowest BCUT2D eigenvalue weighted by atomic mass is 10.9. The number of alkyl halides is 4. The van der Waals surface area contributed by atoms with Crippen LogP contribution in [0.5, 0.6) is 0 Å². The van der Waals surface area contributed by atoms with E-state index in [0.29, 0.717) is 0 Å². The van der Waals surface area contributed by atoms with Gasteiger partial charge in [-0.25, -0.2) is 8.78 Å². The van der Waals surface area contributed by atoms with E-state index in [9.17, 15) is 17.6 Å². The molecule has 0 unspecified atom stereocenters. The molecule has 4 heteroatoms. The van der Waals surface area contributed by atoms with Gasteiger partial charge in [0, 0.05) is 0 Å². The Labute approximate surface area is 52.9 Å². The SMILES string of the molecule is CCF.CCF.FCF. The maximum Gasteiger partial charge on any atom is 0.229 e. The van der Waals surface area contributed by atoms with Crippen molar-refractivity contribution in [3.8, 4) is 0 Å². The van der Waals surface area contributed by atoms with Crippen molar-refractivity contribution in [2.75, 3.05) is 20.3 Å². The van der Waals surface area contributed by atoms with E-state index in [1.807, 2.05) is 0 Å². The second-order valence-corrected chi connectivity index (χ2v) is 0.636. The molecule has 0 radical (unpaired) electrons. The summed E-state index contributed by atoms with van der Waals surface area (Å²) < 4.78 is 39.8. The van der Waals surface area contributed by atoms with Gasteiger partial charge in [-0.2, -0.15) is 0 Å². The summed E-state index contributed by atoms with van der Waals surface area (Å²) in [4.78, 5) is 0. The first-order valence-electron chi connectivity index (χ1n) is 2.48. The van der Waals surface area contributed by atoms with Crippen LogP contribution in [-0.4, -0.2) is 20.3 Å². The zero-order valence-corrected chi connectivity index (χ0v) is 5.63. The molecule has 0 N–H and O–H groups in total. The van der Waals surface area contributed by atoms with Crippen molar-refractivity contribution < 1.29 is 17.6 Å². The highest BCUT2D eigenvalue weighted by atomic mass is 19.3. The van der Waals surface area contributed by atoms with Gasteiger partial charge in [-0.1, -0.05) is 0 Å². The molecule has 0 saturated carbocycles. The van der Waals surface area contributed by atoms with E-state index in [1.165, 1.54) is 13.8 Å². The molecule has 0 amide bonds. The molecule has 0 fully saturated rings. The van der Waals surface area contributed by atoms with Gasteiger partial charge in [-0.3, -0.25) is 8.78 Å². The van der Waals surface area contributed by atoms with E-state index < -0.39 is 6.93 Å². The Balaban J connectivity index is -0.0000000600. The molecule has 0 bridgehead atoms. The zero-order valence-electron chi connectivity index (χ0n) is 5.63. The van der Waals surface area contributed by atoms with Gasteiger partial charge in [0.25, 0.3) is 0 Å². The van der Waals surface area contributed by atoms with Crippen LogP contribution >= 0.6 is 0 Å². The van der Waals surface area contributed by atoms with Crippen molar-refractivity contribution in [2.45, 2.75) is 13.8 Å². The maximum absolute atomic E-state index is 10.3. The Morgan fingerprint density at radius 3 is 0.778 bits per heavy atom. The molecule has 0 aromatic heterocycles. The fraction of sp³-hybridized carbons (Fsp3) is 1.00. The van der Waals surface area contributed by atoms with E-state index in [4.69, 9.17) is 0 Å². The van der Waals surface area contributed by atoms with Crippen molar-refractivity contribution in [1.29, 1.82) is 0 Å². The highest BCUT2D eigenvalue weighted by Crippen LogP contribution is 1.56. The monoisotopic (exact) mass is 148 g/mol. The lowest BCUT2D eigenvalue weighted by molar-refractivity contribution is 0.295. The van der Waals surface area contributed by atoms with Crippen molar-refractivity contribution >= 4 is 0 Å². The summed E-state index contributed by atoms with van der Waals surface area (Å²) in [6.45, 7) is 0.667. The van der Waals surface area contributed by atoms with Gasteiger partial charge < -0.3 is 0 Å². The minimum absolute atomic E-state index is 0.250. The van der Waals surface area contributed by atoms with Crippen molar-refractivity contribution in [3.63, 3.8) is 0 Å². The molecule has 0 aliphatic carbocycles. The fourth-order valence-electron chi connectivity index (χ4n) is 0. The summed E-state index contributed by atoms with van der Waals surface area (Å²) in [7, 11) is 0. The Kier molecular flexibility index (Phi) is 83.2. The third kappa shape index (κ3) is 3220. The first-order chi connectivity index (χ1) is 4.24. The Bertz CT molecular complexity index is 13.7. The molecule has 0 aliphatic heterocycles. The van der Waals surface area contributed by atoms with Crippen molar-refractivity contribution in [1.82, 2.24) is 0 Å². The minimum Gasteiger partial charge on any atom is -0.251 e. The second kappa shape index (κ2) is 47.1. The summed E-state index contributed by atoms with van der Waals surface area (Å²) in [6.07, 6.45) is 0. The maximum atomic E-state index is 10.3. The Morgan fingerprint density at radius 1 is 0.778 bits per heavy atom. The first kappa shape index (κ1) is 15.9. The van der Waals surface area contributed by atoms with Gasteiger partial charge in [0.2, 0.25) is 6.93 Å². The zero-order chi connectivity index (χ0) is 8.12. The molecule has 0 aromatic carbocycles. The van der Waals surface area contributed by atoms with Crippen LogP contribution in [0.2, 0.25) is 0 Å². The number of rotatable bonds is 0. The van der Waals surface area contributed by atoms with Gasteiger partial charge in [0.1, 0.15) is 0 Å². The molecule has 0 atom stereocenters. The molecule has 60 valence electrons. The van der Waals surface area contributed by atoms with Gasteiger partial charge in [0.15, 0.2) is 0 Å². The predicted octanol–water partition coefficient (Wildman–Crippen LogP) is 2.83. The lowest BCUT2D eigenvalue weighted by Gasteiger charge is -1.45. The van der Waals surface area contributed by atoms with Crippen LogP contribution in [0.3, 0.4) is 0 Å². The van der Waals surface area contributed by atoms with E-state index in [-0.39, 0.29) is 13.3 Å². The summed E-state index contributed by atoms with van der Waals surface area (Å²) in [5.41, 5.74) is 0. The largest absolute Gasteiger partial charge is 0.251 e. The average Bonchev–Trinajstić information content (AvgIpc) is 1.70. The third-order valence-corrected chi connectivity index (χ3v) is 0. The third-order valence-electron chi connectivity index (χ3n) is 0. The van der Waals surface area contributed by atoms with Crippen LogP contribution in [-0.2, 0) is 0 Å². The molecule has 0 nitrogen and oxygen atoms in total. The van der Waals surface area contributed by atoms with E-state index >= 15 is 0 Å². The van der Waals surface area contributed by atoms with Gasteiger partial charge >= 0.3 is 0 Å². The lowest BCUT2D eigenvalue weighted by Crippen LogP contribution is -1.40. The molecule has 0 aromatic rings. The average molecular weight is 148 g/mol. The van der Waals surface area contributed by atoms with E-state index in [0.717, 1.165) is 0 Å². The summed E-state index contributed by atoms with van der Waals surface area (Å²) >= 11 is 0. The van der Waals surface area contributed by atoms with Crippen LogP contribution in [0.1, 0.15) is 13.8 Å². The quantitative estimate of drug-likeness (QED) is 0.463. The second-order valence-electron chi connectivity index (χ2n) is 0.636. The van der Waals surface area contributed by atoms with Crippen LogP contribution in [0.4, 0.5) is 17.6 Å². The molecule has 0 spiro atoms. The molecule has 0 aliphatic rings. The molecule has 9 heavy (non-hydrogen) atoms. The van der Waals surface area contributed by atoms with Crippen LogP contribution in [0.15, 0.2) is 0 Å². The number of hydrogen-bond donors (Lipinski definition) is 0. The fourth-order valence-corrected chi connectivity index (χ4v) is 0. The van der Waals surface area contributed by atoms with Crippen molar-refractivity contribution in [2.24, 2.45) is 0 Å². The minimum atomic E-state index is -1.75. The van der Waals surface area contributed by atoms with Gasteiger partial charge in [0.05, 0.1) is 13.3 Å². The molecule has 0 rings (SSSR count). The van der Waals surface area contributed by atoms with Gasteiger partial charge in [-0.15, -0.1) is 0 Å². The standard InChI is InChI=1S/2C2H5F.CH2F2/c2*1-2-3;2-1-3/h2*2H2,1H3;1H2. The van der Waals surface area contributed by atoms with Crippen molar-refractivity contribution in [3.05, 3.63) is 0 Å². The van der Waals surface area contributed by atoms with Crippen LogP contribution in [0.25, 0.3) is 0 Å². The first-order valence-corrected chi connectivity index (χ1v) is 2.48. The smallest absolute Gasteiger partial charge is 0.229 e. The Morgan fingerprint density at radius 2 is 0.778 bits per heavy atom. The number of hydrogen-bond acceptors (Lipinski definition) is 0. The van der Waals surface area contributed by atoms with Crippen LogP contribution in [0, 0.1) is 0 Å². The molecular weight excluding hydrogens is 136 g/mol. The van der Waals surface area contributed by atoms with E-state index in [1.54, 1.807) is 0 Å². The summed E-state index contributed by atoms with van der Waals surface area (Å²) in [5, 5.41) is 0. The highest BCUT2D eigenvalue weighted by molar-refractivity contribution is 3.86. The highest BCUT2D eigenvalue weighted by Gasteiger charge is 1.44. The summed E-state index contributed by atoms with van der Waals surface area (Å²) in [6, 6.07) is 0. The summed E-state index contributed by atoms with van der Waals surface area (Å²) in [5.74, 6) is 0.